The lowest BCUT2D eigenvalue weighted by Gasteiger charge is -2.11. The lowest BCUT2D eigenvalue weighted by atomic mass is 9.99. The van der Waals surface area contributed by atoms with Crippen LogP contribution in [-0.2, 0) is 9.53 Å². The standard InChI is InChI=1S/C19H17N3O5S.C2H6/c1-27-19(26)17-15-16(21-22-17)12(23)10-13(18(15)25)28-9-5-8-14(24)20-11-6-3-2-4-7-11;1-2/h2-4,6-7,10H,5,8-9H2,1H3,(H,20,24)(H,21,22);1-2H3. The number of H-pyrrole nitrogens is 1. The highest BCUT2D eigenvalue weighted by atomic mass is 32.2. The van der Waals surface area contributed by atoms with Crippen LogP contribution in [0, 0.1) is 0 Å². The number of Topliss-reactive ketones (excluding diaryl/α,β-unsaturated/α-hetero) is 1. The van der Waals surface area contributed by atoms with Crippen LogP contribution in [0.2, 0.25) is 0 Å². The lowest BCUT2D eigenvalue weighted by molar-refractivity contribution is -0.116. The number of para-hydroxylation sites is 1. The van der Waals surface area contributed by atoms with Gasteiger partial charge in [0.1, 0.15) is 5.69 Å². The molecule has 0 unspecified atom stereocenters. The van der Waals surface area contributed by atoms with Crippen molar-refractivity contribution in [3.8, 4) is 0 Å². The van der Waals surface area contributed by atoms with E-state index in [1.807, 2.05) is 32.0 Å². The zero-order valence-corrected chi connectivity index (χ0v) is 17.8. The van der Waals surface area contributed by atoms with Gasteiger partial charge in [0.05, 0.1) is 17.6 Å². The van der Waals surface area contributed by atoms with Crippen LogP contribution in [0.25, 0.3) is 0 Å². The number of thioether (sulfide) groups is 1. The summed E-state index contributed by atoms with van der Waals surface area (Å²) in [5, 5.41) is 8.92. The Balaban J connectivity index is 0.00000155. The minimum atomic E-state index is -0.765. The number of carbonyl (C=O) groups excluding carboxylic acids is 4. The van der Waals surface area contributed by atoms with Crippen molar-refractivity contribution in [1.29, 1.82) is 0 Å². The third-order valence-electron chi connectivity index (χ3n) is 3.97. The summed E-state index contributed by atoms with van der Waals surface area (Å²) in [5.74, 6) is -1.34. The summed E-state index contributed by atoms with van der Waals surface area (Å²) in [7, 11) is 1.18. The predicted molar refractivity (Wildman–Crippen MR) is 115 cm³/mol. The van der Waals surface area contributed by atoms with Crippen LogP contribution >= 0.6 is 11.8 Å². The number of ether oxygens (including phenoxy) is 1. The first kappa shape index (κ1) is 23.1. The van der Waals surface area contributed by atoms with Crippen LogP contribution < -0.4 is 5.32 Å². The molecule has 0 atom stereocenters. The number of amides is 1. The summed E-state index contributed by atoms with van der Waals surface area (Å²) in [6.07, 6.45) is 2.01. The van der Waals surface area contributed by atoms with Crippen molar-refractivity contribution in [3.05, 3.63) is 58.3 Å². The number of benzene rings is 1. The number of nitrogens with one attached hydrogen (secondary N) is 2. The third kappa shape index (κ3) is 5.44. The molecule has 1 heterocycles. The second kappa shape index (κ2) is 11.1. The van der Waals surface area contributed by atoms with Crippen molar-refractivity contribution >= 4 is 40.9 Å². The first-order chi connectivity index (χ1) is 14.5. The molecule has 0 saturated heterocycles. The van der Waals surface area contributed by atoms with Gasteiger partial charge in [0, 0.05) is 18.2 Å². The number of hydrogen-bond acceptors (Lipinski definition) is 7. The highest BCUT2D eigenvalue weighted by molar-refractivity contribution is 8.04. The smallest absolute Gasteiger partial charge is 0.356 e. The number of anilines is 1. The van der Waals surface area contributed by atoms with Crippen molar-refractivity contribution in [2.75, 3.05) is 18.2 Å². The molecule has 158 valence electrons. The molecule has 2 aromatic rings. The molecular formula is C21H23N3O5S. The van der Waals surface area contributed by atoms with Crippen LogP contribution in [0.4, 0.5) is 5.69 Å². The highest BCUT2D eigenvalue weighted by Gasteiger charge is 2.34. The van der Waals surface area contributed by atoms with Crippen LogP contribution in [0.5, 0.6) is 0 Å². The maximum absolute atomic E-state index is 12.6. The van der Waals surface area contributed by atoms with E-state index in [1.165, 1.54) is 24.9 Å². The Morgan fingerprint density at radius 1 is 1.17 bits per heavy atom. The van der Waals surface area contributed by atoms with Gasteiger partial charge in [-0.2, -0.15) is 5.10 Å². The predicted octanol–water partition coefficient (Wildman–Crippen LogP) is 3.64. The molecule has 2 N–H and O–H groups in total. The van der Waals surface area contributed by atoms with Crippen molar-refractivity contribution in [3.63, 3.8) is 0 Å². The zero-order valence-electron chi connectivity index (χ0n) is 17.0. The Bertz CT molecular complexity index is 966. The van der Waals surface area contributed by atoms with Gasteiger partial charge in [-0.25, -0.2) is 4.79 Å². The SMILES string of the molecule is CC.COC(=O)c1[nH]nc2c1C(=O)C(SCCCC(=O)Nc1ccccc1)=CC2=O. The number of ketones is 2. The van der Waals surface area contributed by atoms with Crippen molar-refractivity contribution < 1.29 is 23.9 Å². The van der Waals surface area contributed by atoms with Gasteiger partial charge in [-0.1, -0.05) is 32.0 Å². The Morgan fingerprint density at radius 3 is 2.53 bits per heavy atom. The summed E-state index contributed by atoms with van der Waals surface area (Å²) >= 11 is 1.17. The molecule has 1 aromatic carbocycles. The number of nitrogens with zero attached hydrogens (tertiary/aromatic N) is 1. The van der Waals surface area contributed by atoms with Gasteiger partial charge in [-0.15, -0.1) is 11.8 Å². The number of carbonyl (C=O) groups is 4. The monoisotopic (exact) mass is 429 g/mol. The maximum Gasteiger partial charge on any atom is 0.356 e. The number of esters is 1. The second-order valence-corrected chi connectivity index (χ2v) is 7.02. The summed E-state index contributed by atoms with van der Waals surface area (Å²) in [6, 6.07) is 9.11. The molecule has 0 bridgehead atoms. The highest BCUT2D eigenvalue weighted by Crippen LogP contribution is 2.30. The molecule has 0 radical (unpaired) electrons. The second-order valence-electron chi connectivity index (χ2n) is 5.88. The van der Waals surface area contributed by atoms with Gasteiger partial charge < -0.3 is 10.1 Å². The molecule has 0 spiro atoms. The quantitative estimate of drug-likeness (QED) is 0.509. The molecule has 1 aromatic heterocycles. The first-order valence-electron chi connectivity index (χ1n) is 9.46. The molecule has 1 amide bonds. The number of aromatic nitrogens is 2. The van der Waals surface area contributed by atoms with E-state index in [2.05, 4.69) is 20.3 Å². The van der Waals surface area contributed by atoms with E-state index >= 15 is 0 Å². The molecule has 9 heteroatoms. The average molecular weight is 429 g/mol. The number of methoxy groups -OCH3 is 1. The topological polar surface area (TPSA) is 118 Å². The average Bonchev–Trinajstić information content (AvgIpc) is 3.22. The van der Waals surface area contributed by atoms with Crippen LogP contribution in [0.15, 0.2) is 41.3 Å². The van der Waals surface area contributed by atoms with Gasteiger partial charge in [-0.05, 0) is 24.3 Å². The number of allylic oxidation sites excluding steroid dienone is 2. The Labute approximate surface area is 178 Å². The molecule has 1 aliphatic rings. The Kier molecular flexibility index (Phi) is 8.54. The van der Waals surface area contributed by atoms with Gasteiger partial charge >= 0.3 is 5.97 Å². The number of hydrogen-bond donors (Lipinski definition) is 2. The van der Waals surface area contributed by atoms with E-state index in [-0.39, 0.29) is 34.2 Å². The number of aromatic amines is 1. The van der Waals surface area contributed by atoms with Gasteiger partial charge in [0.2, 0.25) is 17.5 Å². The van der Waals surface area contributed by atoms with Gasteiger partial charge in [0.25, 0.3) is 0 Å². The van der Waals surface area contributed by atoms with Crippen molar-refractivity contribution in [1.82, 2.24) is 10.2 Å². The normalized spacial score (nSPS) is 12.3. The van der Waals surface area contributed by atoms with E-state index in [0.717, 1.165) is 5.69 Å². The minimum absolute atomic E-state index is 0.0660. The van der Waals surface area contributed by atoms with Gasteiger partial charge in [-0.3, -0.25) is 19.5 Å². The molecular weight excluding hydrogens is 406 g/mol. The van der Waals surface area contributed by atoms with Crippen molar-refractivity contribution in [2.24, 2.45) is 0 Å². The van der Waals surface area contributed by atoms with Gasteiger partial charge in [0.15, 0.2) is 5.69 Å². The fourth-order valence-electron chi connectivity index (χ4n) is 2.63. The molecule has 8 nitrogen and oxygen atoms in total. The van der Waals surface area contributed by atoms with Crippen molar-refractivity contribution in [2.45, 2.75) is 26.7 Å². The minimum Gasteiger partial charge on any atom is -0.464 e. The fourth-order valence-corrected chi connectivity index (χ4v) is 3.57. The summed E-state index contributed by atoms with van der Waals surface area (Å²) in [4.78, 5) is 48.7. The molecule has 3 rings (SSSR count). The Hall–Kier alpha value is -3.20. The number of fused-ring (bicyclic) bond motifs is 1. The van der Waals surface area contributed by atoms with Crippen LogP contribution in [0.3, 0.4) is 0 Å². The fraction of sp³-hybridized carbons (Fsp3) is 0.286. The Morgan fingerprint density at radius 2 is 1.87 bits per heavy atom. The molecule has 1 aliphatic carbocycles. The van der Waals surface area contributed by atoms with E-state index in [9.17, 15) is 19.2 Å². The third-order valence-corrected chi connectivity index (χ3v) is 5.07. The maximum atomic E-state index is 12.6. The number of rotatable bonds is 7. The van der Waals surface area contributed by atoms with E-state index in [0.29, 0.717) is 12.2 Å². The van der Waals surface area contributed by atoms with E-state index < -0.39 is 17.5 Å². The van der Waals surface area contributed by atoms with E-state index in [1.54, 1.807) is 12.1 Å². The molecule has 0 fully saturated rings. The van der Waals surface area contributed by atoms with E-state index in [4.69, 9.17) is 0 Å². The van der Waals surface area contributed by atoms with Crippen LogP contribution in [0.1, 0.15) is 58.0 Å². The molecule has 0 saturated carbocycles. The zero-order chi connectivity index (χ0) is 22.1. The molecule has 0 aliphatic heterocycles. The summed E-state index contributed by atoms with van der Waals surface area (Å²) < 4.78 is 4.61. The largest absolute Gasteiger partial charge is 0.464 e. The summed E-state index contributed by atoms with van der Waals surface area (Å²) in [6.45, 7) is 4.00. The lowest BCUT2D eigenvalue weighted by Crippen LogP contribution is -2.18. The summed E-state index contributed by atoms with van der Waals surface area (Å²) in [5.41, 5.74) is 0.434. The molecule has 30 heavy (non-hydrogen) atoms. The van der Waals surface area contributed by atoms with Crippen LogP contribution in [-0.4, -0.2) is 46.5 Å². The first-order valence-corrected chi connectivity index (χ1v) is 10.4.